The Morgan fingerprint density at radius 1 is 1.14 bits per heavy atom. The molecular weight excluding hydrogens is 282 g/mol. The number of ether oxygens (including phenoxy) is 1. The van der Waals surface area contributed by atoms with Crippen LogP contribution in [-0.2, 0) is 4.74 Å². The van der Waals surface area contributed by atoms with Crippen LogP contribution >= 0.6 is 11.8 Å². The van der Waals surface area contributed by atoms with Gasteiger partial charge in [-0.2, -0.15) is 0 Å². The molecule has 2 N–H and O–H groups in total. The van der Waals surface area contributed by atoms with Crippen LogP contribution in [-0.4, -0.2) is 33.2 Å². The maximum atomic E-state index is 10.0. The second-order valence-electron chi connectivity index (χ2n) is 7.89. The van der Waals surface area contributed by atoms with Crippen molar-refractivity contribution in [2.24, 2.45) is 0 Å². The zero-order valence-corrected chi connectivity index (χ0v) is 15.3. The molecule has 0 aromatic heterocycles. The van der Waals surface area contributed by atoms with Gasteiger partial charge in [0.2, 0.25) is 5.62 Å². The standard InChI is InChI=1S/C17H33NO2S/c1-16(2,3)18-13-9-7-8-10-14(12-11-13)20-15(19)21-17(4,5)6/h8,10,13-15,18-19H,7,9,11-12H2,1-6H3/b10-8+. The van der Waals surface area contributed by atoms with Crippen molar-refractivity contribution in [2.75, 3.05) is 0 Å². The first-order valence-corrected chi connectivity index (χ1v) is 8.89. The highest BCUT2D eigenvalue weighted by molar-refractivity contribution is 8.00. The first-order chi connectivity index (χ1) is 9.55. The van der Waals surface area contributed by atoms with Crippen molar-refractivity contribution in [2.45, 2.75) is 95.3 Å². The third-order valence-corrected chi connectivity index (χ3v) is 4.23. The smallest absolute Gasteiger partial charge is 0.205 e. The largest absolute Gasteiger partial charge is 0.360 e. The number of aliphatic hydroxyl groups is 1. The van der Waals surface area contributed by atoms with E-state index in [1.807, 2.05) is 0 Å². The molecule has 0 saturated heterocycles. The van der Waals surface area contributed by atoms with Gasteiger partial charge in [-0.25, -0.2) is 0 Å². The van der Waals surface area contributed by atoms with Crippen LogP contribution in [0.2, 0.25) is 0 Å². The summed E-state index contributed by atoms with van der Waals surface area (Å²) in [6.07, 6.45) is 8.58. The predicted octanol–water partition coefficient (Wildman–Crippen LogP) is 4.07. The van der Waals surface area contributed by atoms with Crippen LogP contribution in [0.4, 0.5) is 0 Å². The number of aliphatic hydroxyl groups excluding tert-OH is 1. The van der Waals surface area contributed by atoms with E-state index >= 15 is 0 Å². The summed E-state index contributed by atoms with van der Waals surface area (Å²) in [6, 6.07) is 0.522. The molecule has 0 aromatic carbocycles. The van der Waals surface area contributed by atoms with Gasteiger partial charge in [-0.1, -0.05) is 44.7 Å². The highest BCUT2D eigenvalue weighted by atomic mass is 32.2. The Hall–Kier alpha value is -0.0300. The quantitative estimate of drug-likeness (QED) is 0.606. The lowest BCUT2D eigenvalue weighted by atomic mass is 9.96. The number of allylic oxidation sites excluding steroid dienone is 1. The van der Waals surface area contributed by atoms with Crippen molar-refractivity contribution >= 4 is 11.8 Å². The van der Waals surface area contributed by atoms with Crippen LogP contribution in [0, 0.1) is 0 Å². The van der Waals surface area contributed by atoms with Crippen molar-refractivity contribution < 1.29 is 9.84 Å². The van der Waals surface area contributed by atoms with Crippen molar-refractivity contribution in [3.05, 3.63) is 12.2 Å². The Labute approximate surface area is 134 Å². The number of nitrogens with one attached hydrogen (secondary N) is 1. The van der Waals surface area contributed by atoms with Crippen LogP contribution in [0.1, 0.15) is 67.2 Å². The Morgan fingerprint density at radius 2 is 1.81 bits per heavy atom. The molecule has 0 aliphatic heterocycles. The Bertz CT molecular complexity index is 331. The molecule has 1 aliphatic carbocycles. The Balaban J connectivity index is 2.48. The van der Waals surface area contributed by atoms with E-state index in [1.54, 1.807) is 0 Å². The van der Waals surface area contributed by atoms with Gasteiger partial charge in [0.05, 0.1) is 6.10 Å². The second kappa shape index (κ2) is 8.00. The van der Waals surface area contributed by atoms with Crippen LogP contribution in [0.15, 0.2) is 12.2 Å². The summed E-state index contributed by atoms with van der Waals surface area (Å²) in [5, 5.41) is 13.7. The minimum absolute atomic E-state index is 0.00107. The molecule has 1 aliphatic rings. The molecule has 0 amide bonds. The first-order valence-electron chi connectivity index (χ1n) is 8.01. The number of hydrogen-bond acceptors (Lipinski definition) is 4. The summed E-state index contributed by atoms with van der Waals surface area (Å²) in [6.45, 7) is 12.9. The topological polar surface area (TPSA) is 41.5 Å². The molecule has 0 spiro atoms. The first kappa shape index (κ1) is 19.0. The minimum Gasteiger partial charge on any atom is -0.360 e. The van der Waals surface area contributed by atoms with E-state index in [0.29, 0.717) is 6.04 Å². The molecule has 124 valence electrons. The predicted molar refractivity (Wildman–Crippen MR) is 92.5 cm³/mol. The zero-order chi connectivity index (χ0) is 16.1. The lowest BCUT2D eigenvalue weighted by Gasteiger charge is -2.31. The van der Waals surface area contributed by atoms with Gasteiger partial charge in [-0.15, -0.1) is 0 Å². The number of thioether (sulfide) groups is 1. The molecule has 3 atom stereocenters. The van der Waals surface area contributed by atoms with E-state index in [4.69, 9.17) is 4.74 Å². The molecule has 0 fully saturated rings. The summed E-state index contributed by atoms with van der Waals surface area (Å²) < 4.78 is 5.79. The average Bonchev–Trinajstić information content (AvgIpc) is 2.22. The van der Waals surface area contributed by atoms with E-state index < -0.39 is 5.62 Å². The molecule has 3 nitrogen and oxygen atoms in total. The molecule has 0 heterocycles. The fraction of sp³-hybridized carbons (Fsp3) is 0.882. The van der Waals surface area contributed by atoms with Crippen LogP contribution in [0.25, 0.3) is 0 Å². The van der Waals surface area contributed by atoms with Crippen LogP contribution < -0.4 is 5.32 Å². The van der Waals surface area contributed by atoms with Crippen molar-refractivity contribution in [3.63, 3.8) is 0 Å². The highest BCUT2D eigenvalue weighted by Crippen LogP contribution is 2.29. The third kappa shape index (κ3) is 9.56. The van der Waals surface area contributed by atoms with Gasteiger partial charge in [-0.05, 0) is 46.5 Å². The maximum Gasteiger partial charge on any atom is 0.205 e. The van der Waals surface area contributed by atoms with E-state index in [-0.39, 0.29) is 16.4 Å². The molecule has 0 bridgehead atoms. The molecule has 0 saturated carbocycles. The second-order valence-corrected chi connectivity index (χ2v) is 9.75. The summed E-state index contributed by atoms with van der Waals surface area (Å²) >= 11 is 1.46. The zero-order valence-electron chi connectivity index (χ0n) is 14.5. The van der Waals surface area contributed by atoms with Crippen molar-refractivity contribution in [1.82, 2.24) is 5.32 Å². The highest BCUT2D eigenvalue weighted by Gasteiger charge is 2.23. The molecule has 0 aromatic rings. The summed E-state index contributed by atoms with van der Waals surface area (Å²) in [5.74, 6) is 0. The van der Waals surface area contributed by atoms with E-state index in [1.165, 1.54) is 18.2 Å². The summed E-state index contributed by atoms with van der Waals surface area (Å²) in [7, 11) is 0. The molecule has 0 radical (unpaired) electrons. The Morgan fingerprint density at radius 3 is 2.38 bits per heavy atom. The lowest BCUT2D eigenvalue weighted by molar-refractivity contribution is -0.0641. The molecule has 4 heteroatoms. The van der Waals surface area contributed by atoms with E-state index in [0.717, 1.165) is 19.3 Å². The van der Waals surface area contributed by atoms with Crippen molar-refractivity contribution in [1.29, 1.82) is 0 Å². The summed E-state index contributed by atoms with van der Waals surface area (Å²) in [4.78, 5) is 0. The fourth-order valence-corrected chi connectivity index (χ4v) is 3.30. The number of rotatable bonds is 4. The van der Waals surface area contributed by atoms with Gasteiger partial charge in [-0.3, -0.25) is 0 Å². The summed E-state index contributed by atoms with van der Waals surface area (Å²) in [5.41, 5.74) is -0.612. The average molecular weight is 316 g/mol. The van der Waals surface area contributed by atoms with Gasteiger partial charge < -0.3 is 15.2 Å². The Kier molecular flexibility index (Phi) is 7.25. The van der Waals surface area contributed by atoms with Gasteiger partial charge in [0.25, 0.3) is 0 Å². The van der Waals surface area contributed by atoms with Crippen LogP contribution in [0.5, 0.6) is 0 Å². The fourth-order valence-electron chi connectivity index (χ4n) is 2.50. The van der Waals surface area contributed by atoms with Gasteiger partial charge in [0, 0.05) is 16.3 Å². The molecule has 21 heavy (non-hydrogen) atoms. The van der Waals surface area contributed by atoms with Gasteiger partial charge in [0.1, 0.15) is 0 Å². The monoisotopic (exact) mass is 315 g/mol. The minimum atomic E-state index is -0.756. The lowest BCUT2D eigenvalue weighted by Crippen LogP contribution is -2.44. The van der Waals surface area contributed by atoms with Crippen LogP contribution in [0.3, 0.4) is 0 Å². The van der Waals surface area contributed by atoms with E-state index in [2.05, 4.69) is 59.0 Å². The SMILES string of the molecule is CC(C)(C)NC1CC/C=C/C(OC(O)SC(C)(C)C)CC1. The van der Waals surface area contributed by atoms with Crippen molar-refractivity contribution in [3.8, 4) is 0 Å². The molecule has 3 unspecified atom stereocenters. The molecular formula is C17H33NO2S. The van der Waals surface area contributed by atoms with Gasteiger partial charge in [0.15, 0.2) is 0 Å². The third-order valence-electron chi connectivity index (χ3n) is 3.21. The molecule has 1 rings (SSSR count). The van der Waals surface area contributed by atoms with E-state index in [9.17, 15) is 5.11 Å². The number of hydrogen-bond donors (Lipinski definition) is 2. The maximum absolute atomic E-state index is 10.0. The van der Waals surface area contributed by atoms with Gasteiger partial charge >= 0.3 is 0 Å². The normalized spacial score (nSPS) is 27.8.